The molecule has 1 aromatic carbocycles. The van der Waals surface area contributed by atoms with E-state index < -0.39 is 15.8 Å². The van der Waals surface area contributed by atoms with Crippen molar-refractivity contribution in [3.8, 4) is 5.75 Å². The van der Waals surface area contributed by atoms with Gasteiger partial charge in [-0.25, -0.2) is 13.2 Å². The van der Waals surface area contributed by atoms with Gasteiger partial charge in [0.1, 0.15) is 5.75 Å². The highest BCUT2D eigenvalue weighted by Gasteiger charge is 2.39. The molecule has 0 bridgehead atoms. The molecule has 8 heteroatoms. The second kappa shape index (κ2) is 8.94. The predicted molar refractivity (Wildman–Crippen MR) is 104 cm³/mol. The number of ether oxygens (including phenoxy) is 2. The molecule has 0 radical (unpaired) electrons. The Bertz CT molecular complexity index is 798. The number of carbonyl (C=O) groups excluding carboxylic acids is 2. The lowest BCUT2D eigenvalue weighted by molar-refractivity contribution is -0.139. The van der Waals surface area contributed by atoms with Crippen LogP contribution in [0.2, 0.25) is 0 Å². The van der Waals surface area contributed by atoms with Crippen LogP contribution in [0.25, 0.3) is 0 Å². The van der Waals surface area contributed by atoms with E-state index >= 15 is 0 Å². The quantitative estimate of drug-likeness (QED) is 0.642. The van der Waals surface area contributed by atoms with Crippen LogP contribution in [0.3, 0.4) is 0 Å². The molecular formula is C20H27NO6S. The minimum atomic E-state index is -3.10. The van der Waals surface area contributed by atoms with Gasteiger partial charge >= 0.3 is 5.97 Å². The molecular weight excluding hydrogens is 382 g/mol. The van der Waals surface area contributed by atoms with E-state index in [1.165, 1.54) is 0 Å². The van der Waals surface area contributed by atoms with E-state index in [2.05, 4.69) is 0 Å². The molecule has 2 aliphatic rings. The molecule has 1 amide bonds. The van der Waals surface area contributed by atoms with E-state index in [1.807, 2.05) is 6.92 Å². The maximum atomic E-state index is 12.8. The average Bonchev–Trinajstić information content (AvgIpc) is 3.31. The van der Waals surface area contributed by atoms with E-state index in [9.17, 15) is 18.0 Å². The van der Waals surface area contributed by atoms with Gasteiger partial charge in [0.05, 0.1) is 23.7 Å². The smallest absolute Gasteiger partial charge is 0.338 e. The molecule has 0 aromatic heterocycles. The third-order valence-electron chi connectivity index (χ3n) is 5.34. The fourth-order valence-electron chi connectivity index (χ4n) is 4.02. The fraction of sp³-hybridized carbons (Fsp3) is 0.600. The van der Waals surface area contributed by atoms with Gasteiger partial charge in [-0.15, -0.1) is 0 Å². The third-order valence-corrected chi connectivity index (χ3v) is 7.09. The SMILES string of the molecule is CCOc1ccc(C(=O)OCC(=O)N(C2CCCC2)[C@@H]2CCS(=O)(=O)C2)cc1. The number of sulfone groups is 1. The number of nitrogens with zero attached hydrogens (tertiary/aromatic N) is 1. The van der Waals surface area contributed by atoms with Crippen molar-refractivity contribution in [3.63, 3.8) is 0 Å². The van der Waals surface area contributed by atoms with E-state index in [4.69, 9.17) is 9.47 Å². The molecule has 1 aliphatic carbocycles. The molecule has 0 N–H and O–H groups in total. The third kappa shape index (κ3) is 5.04. The summed E-state index contributed by atoms with van der Waals surface area (Å²) in [6, 6.07) is 6.26. The average molecular weight is 410 g/mol. The van der Waals surface area contributed by atoms with Crippen molar-refractivity contribution in [3.05, 3.63) is 29.8 Å². The summed E-state index contributed by atoms with van der Waals surface area (Å²) >= 11 is 0. The standard InChI is InChI=1S/C20H27NO6S/c1-2-26-18-9-7-15(8-10-18)20(23)27-13-19(22)21(16-5-3-4-6-16)17-11-12-28(24,25)14-17/h7-10,16-17H,2-6,11-14H2,1H3/t17-/m1/s1. The predicted octanol–water partition coefficient (Wildman–Crippen LogP) is 2.20. The fourth-order valence-corrected chi connectivity index (χ4v) is 5.73. The molecule has 0 spiro atoms. The maximum absolute atomic E-state index is 12.8. The molecule has 0 unspecified atom stereocenters. The number of esters is 1. The van der Waals surface area contributed by atoms with Crippen LogP contribution in [0.4, 0.5) is 0 Å². The molecule has 1 aromatic rings. The van der Waals surface area contributed by atoms with Gasteiger partial charge in [-0.1, -0.05) is 12.8 Å². The number of carbonyl (C=O) groups is 2. The Labute approximate surface area is 165 Å². The molecule has 3 rings (SSSR count). The van der Waals surface area contributed by atoms with Crippen LogP contribution in [0, 0.1) is 0 Å². The summed E-state index contributed by atoms with van der Waals surface area (Å²) in [4.78, 5) is 26.8. The van der Waals surface area contributed by atoms with E-state index in [-0.39, 0.29) is 36.1 Å². The highest BCUT2D eigenvalue weighted by atomic mass is 32.2. The normalized spacial score (nSPS) is 21.4. The van der Waals surface area contributed by atoms with Crippen LogP contribution in [0.1, 0.15) is 49.4 Å². The summed E-state index contributed by atoms with van der Waals surface area (Å²) in [5.41, 5.74) is 0.340. The van der Waals surface area contributed by atoms with Gasteiger partial charge in [0.2, 0.25) is 0 Å². The molecule has 154 valence electrons. The monoisotopic (exact) mass is 409 g/mol. The summed E-state index contributed by atoms with van der Waals surface area (Å²) in [6.07, 6.45) is 4.25. The molecule has 1 heterocycles. The van der Waals surface area contributed by atoms with Gasteiger partial charge in [-0.2, -0.15) is 0 Å². The minimum Gasteiger partial charge on any atom is -0.494 e. The summed E-state index contributed by atoms with van der Waals surface area (Å²) in [5.74, 6) is -0.123. The zero-order valence-electron chi connectivity index (χ0n) is 16.1. The molecule has 7 nitrogen and oxygen atoms in total. The molecule has 1 atom stereocenters. The molecule has 1 aliphatic heterocycles. The Morgan fingerprint density at radius 1 is 1.07 bits per heavy atom. The van der Waals surface area contributed by atoms with E-state index in [0.717, 1.165) is 25.7 Å². The Morgan fingerprint density at radius 2 is 1.75 bits per heavy atom. The molecule has 2 fully saturated rings. The summed E-state index contributed by atoms with van der Waals surface area (Å²) in [7, 11) is -3.10. The topological polar surface area (TPSA) is 90.0 Å². The largest absolute Gasteiger partial charge is 0.494 e. The van der Waals surface area contributed by atoms with Crippen molar-refractivity contribution >= 4 is 21.7 Å². The Balaban J connectivity index is 1.62. The first-order valence-corrected chi connectivity index (χ1v) is 11.6. The minimum absolute atomic E-state index is 0.00206. The number of amides is 1. The summed E-state index contributed by atoms with van der Waals surface area (Å²) in [5, 5.41) is 0. The lowest BCUT2D eigenvalue weighted by Crippen LogP contribution is -2.48. The first kappa shape index (κ1) is 20.6. The van der Waals surface area contributed by atoms with Crippen LogP contribution in [-0.2, 0) is 19.4 Å². The number of hydrogen-bond donors (Lipinski definition) is 0. The van der Waals surface area contributed by atoms with Crippen molar-refractivity contribution in [2.75, 3.05) is 24.7 Å². The summed E-state index contributed by atoms with van der Waals surface area (Å²) < 4.78 is 34.3. The lowest BCUT2D eigenvalue weighted by atomic mass is 10.1. The second-order valence-corrected chi connectivity index (χ2v) is 9.56. The maximum Gasteiger partial charge on any atom is 0.338 e. The zero-order chi connectivity index (χ0) is 20.1. The highest BCUT2D eigenvalue weighted by molar-refractivity contribution is 7.91. The number of hydrogen-bond acceptors (Lipinski definition) is 6. The van der Waals surface area contributed by atoms with Crippen molar-refractivity contribution in [2.45, 2.75) is 51.1 Å². The molecule has 1 saturated carbocycles. The van der Waals surface area contributed by atoms with E-state index in [1.54, 1.807) is 29.2 Å². The Kier molecular flexibility index (Phi) is 6.59. The zero-order valence-corrected chi connectivity index (χ0v) is 16.9. The number of benzene rings is 1. The second-order valence-electron chi connectivity index (χ2n) is 7.33. The van der Waals surface area contributed by atoms with Crippen molar-refractivity contribution in [2.24, 2.45) is 0 Å². The van der Waals surface area contributed by atoms with E-state index in [0.29, 0.717) is 24.3 Å². The van der Waals surface area contributed by atoms with Crippen molar-refractivity contribution in [1.29, 1.82) is 0 Å². The van der Waals surface area contributed by atoms with Crippen LogP contribution in [-0.4, -0.2) is 62.0 Å². The Morgan fingerprint density at radius 3 is 2.32 bits per heavy atom. The summed E-state index contributed by atoms with van der Waals surface area (Å²) in [6.45, 7) is 2.03. The van der Waals surface area contributed by atoms with Gasteiger partial charge in [-0.3, -0.25) is 4.79 Å². The first-order valence-electron chi connectivity index (χ1n) is 9.81. The highest BCUT2D eigenvalue weighted by Crippen LogP contribution is 2.29. The number of rotatable bonds is 7. The van der Waals surface area contributed by atoms with Gasteiger partial charge in [0.15, 0.2) is 16.4 Å². The molecule has 28 heavy (non-hydrogen) atoms. The van der Waals surface area contributed by atoms with Crippen LogP contribution in [0.5, 0.6) is 5.75 Å². The molecule has 1 saturated heterocycles. The van der Waals surface area contributed by atoms with Gasteiger partial charge < -0.3 is 14.4 Å². The van der Waals surface area contributed by atoms with Crippen LogP contribution >= 0.6 is 0 Å². The van der Waals surface area contributed by atoms with Crippen molar-refractivity contribution in [1.82, 2.24) is 4.90 Å². The van der Waals surface area contributed by atoms with Gasteiger partial charge in [-0.05, 0) is 50.5 Å². The Hall–Kier alpha value is -2.09. The lowest BCUT2D eigenvalue weighted by Gasteiger charge is -2.33. The first-order chi connectivity index (χ1) is 13.4. The van der Waals surface area contributed by atoms with Crippen molar-refractivity contribution < 1.29 is 27.5 Å². The van der Waals surface area contributed by atoms with Gasteiger partial charge in [0, 0.05) is 12.1 Å². The van der Waals surface area contributed by atoms with Crippen LogP contribution in [0.15, 0.2) is 24.3 Å². The van der Waals surface area contributed by atoms with Crippen LogP contribution < -0.4 is 4.74 Å². The van der Waals surface area contributed by atoms with Gasteiger partial charge in [0.25, 0.3) is 5.91 Å².